The molecule has 0 aromatic carbocycles. The topological polar surface area (TPSA) is 47.4 Å². The van der Waals surface area contributed by atoms with E-state index in [2.05, 4.69) is 37.7 Å². The molecule has 2 heterocycles. The van der Waals surface area contributed by atoms with E-state index < -0.39 is 0 Å². The van der Waals surface area contributed by atoms with Gasteiger partial charge in [-0.3, -0.25) is 14.4 Å². The molecule has 2 atom stereocenters. The van der Waals surface area contributed by atoms with E-state index in [0.717, 1.165) is 18.7 Å². The van der Waals surface area contributed by atoms with Gasteiger partial charge in [-0.15, -0.1) is 0 Å². The number of morpholine rings is 1. The summed E-state index contributed by atoms with van der Waals surface area (Å²) < 4.78 is 7.58. The summed E-state index contributed by atoms with van der Waals surface area (Å²) in [5.41, 5.74) is 0.838. The van der Waals surface area contributed by atoms with Crippen LogP contribution in [-0.2, 0) is 16.0 Å². The van der Waals surface area contributed by atoms with Crippen LogP contribution in [0.15, 0.2) is 12.3 Å². The second kappa shape index (κ2) is 7.18. The van der Waals surface area contributed by atoms with Crippen LogP contribution in [-0.4, -0.2) is 52.3 Å². The number of nitrogens with zero attached hydrogens (tertiary/aromatic N) is 3. The highest BCUT2D eigenvalue weighted by atomic mass is 16.5. The number of ketones is 1. The summed E-state index contributed by atoms with van der Waals surface area (Å²) in [6.07, 6.45) is 3.04. The van der Waals surface area contributed by atoms with Gasteiger partial charge in [-0.1, -0.05) is 6.92 Å². The molecule has 0 bridgehead atoms. The van der Waals surface area contributed by atoms with Crippen molar-refractivity contribution in [2.45, 2.75) is 58.7 Å². The minimum atomic E-state index is -0.310. The molecule has 1 aliphatic rings. The second-order valence-electron chi connectivity index (χ2n) is 6.14. The van der Waals surface area contributed by atoms with E-state index in [-0.39, 0.29) is 11.9 Å². The Morgan fingerprint density at radius 3 is 2.90 bits per heavy atom. The average molecular weight is 293 g/mol. The van der Waals surface area contributed by atoms with Gasteiger partial charge in [0.05, 0.1) is 18.7 Å². The number of rotatable bonds is 6. The lowest BCUT2D eigenvalue weighted by Crippen LogP contribution is -2.49. The normalized spacial score (nSPS) is 21.7. The zero-order valence-electron chi connectivity index (χ0n) is 13.6. The number of ether oxygens (including phenoxy) is 1. The van der Waals surface area contributed by atoms with Gasteiger partial charge in [-0.25, -0.2) is 0 Å². The molecule has 1 aliphatic heterocycles. The Balaban J connectivity index is 1.93. The minimum Gasteiger partial charge on any atom is -0.368 e. The summed E-state index contributed by atoms with van der Waals surface area (Å²) >= 11 is 0. The van der Waals surface area contributed by atoms with Gasteiger partial charge in [0.2, 0.25) is 0 Å². The van der Waals surface area contributed by atoms with Gasteiger partial charge in [0.25, 0.3) is 0 Å². The van der Waals surface area contributed by atoms with Crippen LogP contribution in [0, 0.1) is 0 Å². The molecule has 1 saturated heterocycles. The fourth-order valence-electron chi connectivity index (χ4n) is 2.53. The lowest BCUT2D eigenvalue weighted by molar-refractivity contribution is -0.136. The first-order valence-electron chi connectivity index (χ1n) is 7.93. The maximum Gasteiger partial charge on any atom is 0.168 e. The molecule has 21 heavy (non-hydrogen) atoms. The van der Waals surface area contributed by atoms with Crippen LogP contribution in [0.5, 0.6) is 0 Å². The maximum atomic E-state index is 12.4. The minimum absolute atomic E-state index is 0.134. The Morgan fingerprint density at radius 1 is 1.48 bits per heavy atom. The predicted molar refractivity (Wildman–Crippen MR) is 82.4 cm³/mol. The van der Waals surface area contributed by atoms with Crippen LogP contribution in [0.3, 0.4) is 0 Å². The first-order valence-corrected chi connectivity index (χ1v) is 7.93. The SMILES string of the molecule is CCC(C)n1ccc(CC(=O)C2CN(C(C)C)CCO2)n1. The van der Waals surface area contributed by atoms with Crippen molar-refractivity contribution in [2.75, 3.05) is 19.7 Å². The summed E-state index contributed by atoms with van der Waals surface area (Å²) in [5, 5.41) is 4.50. The molecule has 0 N–H and O–H groups in total. The molecule has 5 heteroatoms. The van der Waals surface area contributed by atoms with E-state index in [9.17, 15) is 4.79 Å². The molecule has 1 aromatic rings. The van der Waals surface area contributed by atoms with Gasteiger partial charge >= 0.3 is 0 Å². The Bertz CT molecular complexity index is 470. The van der Waals surface area contributed by atoms with Crippen molar-refractivity contribution in [3.05, 3.63) is 18.0 Å². The highest BCUT2D eigenvalue weighted by Gasteiger charge is 2.28. The van der Waals surface area contributed by atoms with E-state index in [1.54, 1.807) is 0 Å². The third-order valence-electron chi connectivity index (χ3n) is 4.25. The fraction of sp³-hybridized carbons (Fsp3) is 0.750. The summed E-state index contributed by atoms with van der Waals surface area (Å²) in [4.78, 5) is 14.7. The summed E-state index contributed by atoms with van der Waals surface area (Å²) in [5.74, 6) is 0.134. The average Bonchev–Trinajstić information content (AvgIpc) is 2.95. The van der Waals surface area contributed by atoms with Crippen molar-refractivity contribution < 1.29 is 9.53 Å². The first kappa shape index (κ1) is 16.2. The molecule has 0 amide bonds. The van der Waals surface area contributed by atoms with Crippen molar-refractivity contribution >= 4 is 5.78 Å². The van der Waals surface area contributed by atoms with Gasteiger partial charge in [-0.05, 0) is 33.3 Å². The van der Waals surface area contributed by atoms with Crippen molar-refractivity contribution in [1.82, 2.24) is 14.7 Å². The zero-order chi connectivity index (χ0) is 15.4. The van der Waals surface area contributed by atoms with Crippen LogP contribution in [0.25, 0.3) is 0 Å². The van der Waals surface area contributed by atoms with E-state index >= 15 is 0 Å². The number of carbonyl (C=O) groups is 1. The van der Waals surface area contributed by atoms with Crippen LogP contribution >= 0.6 is 0 Å². The molecule has 118 valence electrons. The molecule has 2 rings (SSSR count). The largest absolute Gasteiger partial charge is 0.368 e. The standard InChI is InChI=1S/C16H27N3O2/c1-5-13(4)19-7-6-14(17-19)10-15(20)16-11-18(12(2)3)8-9-21-16/h6-7,12-13,16H,5,8-11H2,1-4H3. The van der Waals surface area contributed by atoms with Crippen molar-refractivity contribution in [2.24, 2.45) is 0 Å². The molecule has 0 aliphatic carbocycles. The molecule has 1 fully saturated rings. The highest BCUT2D eigenvalue weighted by Crippen LogP contribution is 2.13. The highest BCUT2D eigenvalue weighted by molar-refractivity contribution is 5.85. The van der Waals surface area contributed by atoms with Crippen LogP contribution in [0.1, 0.15) is 45.9 Å². The number of Topliss-reactive ketones (excluding diaryl/α,β-unsaturated/α-hetero) is 1. The van der Waals surface area contributed by atoms with E-state index in [1.165, 1.54) is 0 Å². The van der Waals surface area contributed by atoms with E-state index in [0.29, 0.717) is 31.7 Å². The van der Waals surface area contributed by atoms with E-state index in [1.807, 2.05) is 16.9 Å². The lowest BCUT2D eigenvalue weighted by Gasteiger charge is -2.34. The van der Waals surface area contributed by atoms with Crippen LogP contribution < -0.4 is 0 Å². The Hall–Kier alpha value is -1.20. The molecule has 0 saturated carbocycles. The molecular weight excluding hydrogens is 266 g/mol. The Kier molecular flexibility index (Phi) is 5.53. The molecule has 0 radical (unpaired) electrons. The number of aromatic nitrogens is 2. The number of carbonyl (C=O) groups excluding carboxylic acids is 1. The van der Waals surface area contributed by atoms with Crippen LogP contribution in [0.2, 0.25) is 0 Å². The third kappa shape index (κ3) is 4.14. The molecule has 2 unspecified atom stereocenters. The van der Waals surface area contributed by atoms with Crippen molar-refractivity contribution in [3.63, 3.8) is 0 Å². The fourth-order valence-corrected chi connectivity index (χ4v) is 2.53. The van der Waals surface area contributed by atoms with Gasteiger partial charge in [-0.2, -0.15) is 5.10 Å². The Morgan fingerprint density at radius 2 is 2.24 bits per heavy atom. The Labute approximate surface area is 127 Å². The molecular formula is C16H27N3O2. The number of hydrogen-bond donors (Lipinski definition) is 0. The maximum absolute atomic E-state index is 12.4. The van der Waals surface area contributed by atoms with Crippen LogP contribution in [0.4, 0.5) is 0 Å². The number of hydrogen-bond acceptors (Lipinski definition) is 4. The van der Waals surface area contributed by atoms with Gasteiger partial charge in [0, 0.05) is 31.4 Å². The lowest BCUT2D eigenvalue weighted by atomic mass is 10.1. The molecule has 1 aromatic heterocycles. The summed E-state index contributed by atoms with van der Waals surface area (Å²) in [6.45, 7) is 10.8. The molecule has 0 spiro atoms. The molecule has 5 nitrogen and oxygen atoms in total. The monoisotopic (exact) mass is 293 g/mol. The van der Waals surface area contributed by atoms with E-state index in [4.69, 9.17) is 4.74 Å². The zero-order valence-corrected chi connectivity index (χ0v) is 13.6. The predicted octanol–water partition coefficient (Wildman–Crippen LogP) is 2.07. The van der Waals surface area contributed by atoms with Crippen molar-refractivity contribution in [3.8, 4) is 0 Å². The third-order valence-corrected chi connectivity index (χ3v) is 4.25. The van der Waals surface area contributed by atoms with Gasteiger partial charge in [0.15, 0.2) is 5.78 Å². The smallest absolute Gasteiger partial charge is 0.168 e. The van der Waals surface area contributed by atoms with Crippen molar-refractivity contribution in [1.29, 1.82) is 0 Å². The summed E-state index contributed by atoms with van der Waals surface area (Å²) in [7, 11) is 0. The van der Waals surface area contributed by atoms with Gasteiger partial charge < -0.3 is 4.74 Å². The second-order valence-corrected chi connectivity index (χ2v) is 6.14. The van der Waals surface area contributed by atoms with Gasteiger partial charge in [0.1, 0.15) is 6.10 Å². The summed E-state index contributed by atoms with van der Waals surface area (Å²) in [6, 6.07) is 2.76. The quantitative estimate of drug-likeness (QED) is 0.805. The first-order chi connectivity index (χ1) is 10.0.